The van der Waals surface area contributed by atoms with Crippen LogP contribution in [0.3, 0.4) is 0 Å². The van der Waals surface area contributed by atoms with E-state index < -0.39 is 0 Å². The predicted octanol–water partition coefficient (Wildman–Crippen LogP) is 5.48. The molecule has 0 amide bonds. The van der Waals surface area contributed by atoms with Gasteiger partial charge in [0.2, 0.25) is 11.8 Å². The average molecular weight is 461 g/mol. The number of para-hydroxylation sites is 3. The summed E-state index contributed by atoms with van der Waals surface area (Å²) >= 11 is 3.44. The van der Waals surface area contributed by atoms with Crippen LogP contribution in [-0.2, 0) is 13.2 Å². The fourth-order valence-corrected chi connectivity index (χ4v) is 3.50. The largest absolute Gasteiger partial charge is 0.486 e. The number of fused-ring (bicyclic) bond motifs is 1. The van der Waals surface area contributed by atoms with E-state index in [-0.39, 0.29) is 0 Å². The zero-order chi connectivity index (χ0) is 20.3. The minimum Gasteiger partial charge on any atom is -0.486 e. The Hall–Kier alpha value is -3.45. The van der Waals surface area contributed by atoms with E-state index in [4.69, 9.17) is 14.1 Å². The maximum Gasteiger partial charge on any atom is 0.247 e. The number of rotatable bonds is 6. The number of nitrogens with zero attached hydrogens (tertiary/aromatic N) is 4. The van der Waals surface area contributed by atoms with Gasteiger partial charge in [-0.3, -0.25) is 0 Å². The number of halogens is 1. The molecule has 0 saturated heterocycles. The molecule has 0 N–H and O–H groups in total. The van der Waals surface area contributed by atoms with Gasteiger partial charge in [0.1, 0.15) is 24.7 Å². The van der Waals surface area contributed by atoms with Gasteiger partial charge in [0.25, 0.3) is 0 Å². The molecule has 2 aromatic heterocycles. The second-order valence-corrected chi connectivity index (χ2v) is 7.63. The molecule has 0 unspecified atom stereocenters. The van der Waals surface area contributed by atoms with Gasteiger partial charge in [-0.15, -0.1) is 10.2 Å². The molecule has 5 rings (SSSR count). The maximum atomic E-state index is 5.93. The van der Waals surface area contributed by atoms with Crippen molar-refractivity contribution < 1.29 is 9.15 Å². The molecule has 0 aliphatic carbocycles. The van der Waals surface area contributed by atoms with Crippen LogP contribution in [0.1, 0.15) is 11.7 Å². The summed E-state index contributed by atoms with van der Waals surface area (Å²) in [6.45, 7) is 0.754. The van der Waals surface area contributed by atoms with E-state index in [0.717, 1.165) is 32.6 Å². The Morgan fingerprint density at radius 1 is 0.867 bits per heavy atom. The van der Waals surface area contributed by atoms with Crippen molar-refractivity contribution in [2.75, 3.05) is 0 Å². The molecule has 7 heteroatoms. The molecule has 0 atom stereocenters. The molecule has 5 aromatic rings. The normalized spacial score (nSPS) is 11.1. The number of ether oxygens (including phenoxy) is 1. The highest BCUT2D eigenvalue weighted by Crippen LogP contribution is 2.23. The van der Waals surface area contributed by atoms with E-state index in [1.165, 1.54) is 0 Å². The molecule has 148 valence electrons. The van der Waals surface area contributed by atoms with Crippen LogP contribution in [0.5, 0.6) is 5.75 Å². The van der Waals surface area contributed by atoms with Gasteiger partial charge in [-0.05, 0) is 48.5 Å². The minimum absolute atomic E-state index is 0.340. The third-order valence-electron chi connectivity index (χ3n) is 4.70. The van der Waals surface area contributed by atoms with Crippen molar-refractivity contribution in [3.8, 4) is 17.2 Å². The summed E-state index contributed by atoms with van der Waals surface area (Å²) in [6.07, 6.45) is 0. The maximum absolute atomic E-state index is 5.93. The third kappa shape index (κ3) is 3.84. The van der Waals surface area contributed by atoms with E-state index in [9.17, 15) is 0 Å². The van der Waals surface area contributed by atoms with Crippen LogP contribution in [0.4, 0.5) is 0 Å². The van der Waals surface area contributed by atoms with E-state index >= 15 is 0 Å². The fourth-order valence-electron chi connectivity index (χ4n) is 3.24. The molecule has 2 heterocycles. The Morgan fingerprint density at radius 3 is 2.47 bits per heavy atom. The van der Waals surface area contributed by atoms with E-state index in [0.29, 0.717) is 24.9 Å². The Balaban J connectivity index is 1.44. The van der Waals surface area contributed by atoms with Gasteiger partial charge in [0.05, 0.1) is 11.0 Å². The van der Waals surface area contributed by atoms with Crippen LogP contribution in [-0.4, -0.2) is 19.7 Å². The first-order chi connectivity index (χ1) is 14.8. The fraction of sp³-hybridized carbons (Fsp3) is 0.0870. The summed E-state index contributed by atoms with van der Waals surface area (Å²) in [7, 11) is 0. The predicted molar refractivity (Wildman–Crippen MR) is 117 cm³/mol. The van der Waals surface area contributed by atoms with Gasteiger partial charge in [-0.1, -0.05) is 46.3 Å². The molecule has 0 fully saturated rings. The molecule has 0 aliphatic heterocycles. The van der Waals surface area contributed by atoms with Gasteiger partial charge in [0.15, 0.2) is 0 Å². The first-order valence-corrected chi connectivity index (χ1v) is 10.3. The van der Waals surface area contributed by atoms with Crippen LogP contribution in [0, 0.1) is 0 Å². The smallest absolute Gasteiger partial charge is 0.247 e. The Morgan fingerprint density at radius 2 is 1.63 bits per heavy atom. The quantitative estimate of drug-likeness (QED) is 0.335. The lowest BCUT2D eigenvalue weighted by molar-refractivity contribution is 0.290. The van der Waals surface area contributed by atoms with Crippen molar-refractivity contribution in [1.82, 2.24) is 19.7 Å². The topological polar surface area (TPSA) is 66.0 Å². The first kappa shape index (κ1) is 18.6. The highest BCUT2D eigenvalue weighted by atomic mass is 79.9. The Bertz CT molecular complexity index is 1280. The van der Waals surface area contributed by atoms with E-state index in [2.05, 4.69) is 30.7 Å². The molecule has 0 spiro atoms. The van der Waals surface area contributed by atoms with Crippen LogP contribution < -0.4 is 4.74 Å². The highest BCUT2D eigenvalue weighted by Gasteiger charge is 2.15. The van der Waals surface area contributed by atoms with Crippen molar-refractivity contribution in [3.63, 3.8) is 0 Å². The van der Waals surface area contributed by atoms with Crippen LogP contribution in [0.25, 0.3) is 22.5 Å². The van der Waals surface area contributed by atoms with Crippen molar-refractivity contribution in [2.24, 2.45) is 0 Å². The van der Waals surface area contributed by atoms with E-state index in [1.807, 2.05) is 78.9 Å². The number of hydrogen-bond acceptors (Lipinski definition) is 5. The summed E-state index contributed by atoms with van der Waals surface area (Å²) in [4.78, 5) is 4.74. The first-order valence-electron chi connectivity index (χ1n) is 9.46. The molecule has 0 saturated carbocycles. The van der Waals surface area contributed by atoms with Gasteiger partial charge < -0.3 is 13.7 Å². The minimum atomic E-state index is 0.340. The lowest BCUT2D eigenvalue weighted by Gasteiger charge is -2.08. The number of hydrogen-bond donors (Lipinski definition) is 0. The summed E-state index contributed by atoms with van der Waals surface area (Å²) in [5.41, 5.74) is 2.77. The molecule has 0 bridgehead atoms. The third-order valence-corrected chi connectivity index (χ3v) is 5.22. The molecular formula is C23H17BrN4O2. The standard InChI is InChI=1S/C23H17BrN4O2/c24-17-12-10-16(11-13-17)23-27-26-22(30-23)14-28-20-9-5-4-8-19(20)25-21(28)15-29-18-6-2-1-3-7-18/h1-13H,14-15H2. The lowest BCUT2D eigenvalue weighted by Crippen LogP contribution is -2.08. The number of benzene rings is 3. The Labute approximate surface area is 181 Å². The molecule has 0 radical (unpaired) electrons. The van der Waals surface area contributed by atoms with Crippen molar-refractivity contribution in [2.45, 2.75) is 13.2 Å². The van der Waals surface area contributed by atoms with Gasteiger partial charge in [0, 0.05) is 10.0 Å². The van der Waals surface area contributed by atoms with Gasteiger partial charge in [-0.25, -0.2) is 4.98 Å². The zero-order valence-corrected chi connectivity index (χ0v) is 17.5. The molecule has 6 nitrogen and oxygen atoms in total. The highest BCUT2D eigenvalue weighted by molar-refractivity contribution is 9.10. The number of imidazole rings is 1. The summed E-state index contributed by atoms with van der Waals surface area (Å²) in [5, 5.41) is 8.44. The second-order valence-electron chi connectivity index (χ2n) is 6.71. The zero-order valence-electron chi connectivity index (χ0n) is 15.9. The van der Waals surface area contributed by atoms with Crippen molar-refractivity contribution >= 4 is 27.0 Å². The molecular weight excluding hydrogens is 444 g/mol. The lowest BCUT2D eigenvalue weighted by atomic mass is 10.2. The second kappa shape index (κ2) is 8.12. The van der Waals surface area contributed by atoms with Crippen LogP contribution in [0.2, 0.25) is 0 Å². The van der Waals surface area contributed by atoms with Gasteiger partial charge in [-0.2, -0.15) is 0 Å². The van der Waals surface area contributed by atoms with Crippen molar-refractivity contribution in [3.05, 3.63) is 95.1 Å². The monoisotopic (exact) mass is 460 g/mol. The van der Waals surface area contributed by atoms with Gasteiger partial charge >= 0.3 is 0 Å². The molecule has 3 aromatic carbocycles. The summed E-state index contributed by atoms with van der Waals surface area (Å²) in [6, 6.07) is 25.4. The van der Waals surface area contributed by atoms with Crippen LogP contribution >= 0.6 is 15.9 Å². The molecule has 30 heavy (non-hydrogen) atoms. The summed E-state index contributed by atoms with van der Waals surface area (Å²) < 4.78 is 14.9. The Kier molecular flexibility index (Phi) is 5.03. The van der Waals surface area contributed by atoms with Crippen LogP contribution in [0.15, 0.2) is 87.8 Å². The SMILES string of the molecule is Brc1ccc(-c2nnc(Cn3c(COc4ccccc4)nc4ccccc43)o2)cc1. The molecule has 0 aliphatic rings. The number of aromatic nitrogens is 4. The average Bonchev–Trinajstić information content (AvgIpc) is 3.39. The van der Waals surface area contributed by atoms with E-state index in [1.54, 1.807) is 0 Å². The van der Waals surface area contributed by atoms with Crippen molar-refractivity contribution in [1.29, 1.82) is 0 Å². The summed E-state index contributed by atoms with van der Waals surface area (Å²) in [5.74, 6) is 2.59.